The molecule has 34 heavy (non-hydrogen) atoms. The molecule has 5 rings (SSSR count). The first-order valence-electron chi connectivity index (χ1n) is 11.2. The van der Waals surface area contributed by atoms with Crippen LogP contribution in [0.25, 0.3) is 10.9 Å². The quantitative estimate of drug-likeness (QED) is 0.186. The van der Waals surface area contributed by atoms with Crippen LogP contribution in [-0.4, -0.2) is 22.4 Å². The van der Waals surface area contributed by atoms with Crippen LogP contribution >= 0.6 is 15.9 Å². The summed E-state index contributed by atoms with van der Waals surface area (Å²) >= 11 is 3.67. The first-order valence-corrected chi connectivity index (χ1v) is 12.0. The van der Waals surface area contributed by atoms with Crippen molar-refractivity contribution in [2.45, 2.75) is 12.5 Å². The Balaban J connectivity index is 1.88. The SMILES string of the molecule is CCOC(=O)c1ccc2c(c1)c(Br)nn2C(c1ccccc1)(c1ccccc1)c1ccccc1. The maximum atomic E-state index is 12.4. The average molecular weight is 511 g/mol. The van der Waals surface area contributed by atoms with Crippen molar-refractivity contribution < 1.29 is 9.53 Å². The predicted molar refractivity (Wildman–Crippen MR) is 138 cm³/mol. The zero-order chi connectivity index (χ0) is 23.5. The van der Waals surface area contributed by atoms with E-state index < -0.39 is 5.54 Å². The molecule has 0 unspecified atom stereocenters. The second-order valence-electron chi connectivity index (χ2n) is 7.96. The highest BCUT2D eigenvalue weighted by atomic mass is 79.9. The molecule has 0 aliphatic heterocycles. The number of fused-ring (bicyclic) bond motifs is 1. The lowest BCUT2D eigenvalue weighted by atomic mass is 9.77. The third-order valence-corrected chi connectivity index (χ3v) is 6.62. The van der Waals surface area contributed by atoms with Crippen LogP contribution in [0.4, 0.5) is 0 Å². The summed E-state index contributed by atoms with van der Waals surface area (Å²) in [7, 11) is 0. The van der Waals surface area contributed by atoms with Crippen molar-refractivity contribution in [3.8, 4) is 0 Å². The van der Waals surface area contributed by atoms with Crippen molar-refractivity contribution in [1.82, 2.24) is 9.78 Å². The zero-order valence-corrected chi connectivity index (χ0v) is 20.3. The van der Waals surface area contributed by atoms with Crippen LogP contribution in [-0.2, 0) is 10.3 Å². The smallest absolute Gasteiger partial charge is 0.338 e. The molecule has 4 nitrogen and oxygen atoms in total. The number of rotatable bonds is 6. The van der Waals surface area contributed by atoms with E-state index in [1.165, 1.54) is 0 Å². The number of hydrogen-bond donors (Lipinski definition) is 0. The highest BCUT2D eigenvalue weighted by Crippen LogP contribution is 2.43. The minimum absolute atomic E-state index is 0.330. The molecule has 5 aromatic rings. The van der Waals surface area contributed by atoms with Crippen LogP contribution in [0.15, 0.2) is 114 Å². The van der Waals surface area contributed by atoms with Gasteiger partial charge in [-0.2, -0.15) is 5.10 Å². The molecular formula is C29H23BrN2O2. The lowest BCUT2D eigenvalue weighted by molar-refractivity contribution is 0.0526. The Morgan fingerprint density at radius 3 is 1.79 bits per heavy atom. The summed E-state index contributed by atoms with van der Waals surface area (Å²) in [5.74, 6) is -0.343. The summed E-state index contributed by atoms with van der Waals surface area (Å²) in [5, 5.41) is 5.86. The fraction of sp³-hybridized carbons (Fsp3) is 0.103. The van der Waals surface area contributed by atoms with Crippen LogP contribution in [0.3, 0.4) is 0 Å². The van der Waals surface area contributed by atoms with Crippen molar-refractivity contribution in [1.29, 1.82) is 0 Å². The predicted octanol–water partition coefficient (Wildman–Crippen LogP) is 6.82. The molecule has 0 aliphatic rings. The molecule has 0 saturated heterocycles. The van der Waals surface area contributed by atoms with Crippen molar-refractivity contribution >= 4 is 32.8 Å². The van der Waals surface area contributed by atoms with Gasteiger partial charge in [-0.25, -0.2) is 9.48 Å². The molecule has 1 aromatic heterocycles. The number of hydrogen-bond acceptors (Lipinski definition) is 3. The van der Waals surface area contributed by atoms with E-state index in [0.29, 0.717) is 16.8 Å². The largest absolute Gasteiger partial charge is 0.462 e. The molecular weight excluding hydrogens is 488 g/mol. The normalized spacial score (nSPS) is 11.5. The lowest BCUT2D eigenvalue weighted by Gasteiger charge is -2.37. The van der Waals surface area contributed by atoms with Gasteiger partial charge in [0.05, 0.1) is 17.7 Å². The molecule has 0 aliphatic carbocycles. The third-order valence-electron chi connectivity index (χ3n) is 6.04. The lowest BCUT2D eigenvalue weighted by Crippen LogP contribution is -2.38. The molecule has 168 valence electrons. The van der Waals surface area contributed by atoms with Crippen LogP contribution in [0.1, 0.15) is 34.0 Å². The summed E-state index contributed by atoms with van der Waals surface area (Å²) in [5.41, 5.74) is 3.91. The van der Waals surface area contributed by atoms with Crippen molar-refractivity contribution in [3.63, 3.8) is 0 Å². The topological polar surface area (TPSA) is 44.1 Å². The van der Waals surface area contributed by atoms with E-state index in [-0.39, 0.29) is 5.97 Å². The van der Waals surface area contributed by atoms with Gasteiger partial charge in [0.2, 0.25) is 0 Å². The van der Waals surface area contributed by atoms with Crippen molar-refractivity contribution in [2.75, 3.05) is 6.61 Å². The monoisotopic (exact) mass is 510 g/mol. The number of halogens is 1. The molecule has 0 atom stereocenters. The Labute approximate surface area is 206 Å². The minimum Gasteiger partial charge on any atom is -0.462 e. The second kappa shape index (κ2) is 9.27. The summed E-state index contributed by atoms with van der Waals surface area (Å²) in [6, 6.07) is 36.8. The van der Waals surface area contributed by atoms with Crippen LogP contribution in [0, 0.1) is 0 Å². The molecule has 0 spiro atoms. The standard InChI is InChI=1S/C29H23BrN2O2/c1-2-34-28(33)21-18-19-26-25(20-21)27(30)31-32(26)29(22-12-6-3-7-13-22,23-14-8-4-9-15-23)24-16-10-5-11-17-24/h3-20H,2H2,1H3. The van der Waals surface area contributed by atoms with Crippen LogP contribution in [0.5, 0.6) is 0 Å². The fourth-order valence-corrected chi connectivity index (χ4v) is 5.06. The summed E-state index contributed by atoms with van der Waals surface area (Å²) in [4.78, 5) is 12.4. The maximum Gasteiger partial charge on any atom is 0.338 e. The van der Waals surface area contributed by atoms with E-state index in [4.69, 9.17) is 9.84 Å². The molecule has 1 heterocycles. The number of aromatic nitrogens is 2. The highest BCUT2D eigenvalue weighted by Gasteiger charge is 2.40. The summed E-state index contributed by atoms with van der Waals surface area (Å²) in [6.45, 7) is 2.13. The van der Waals surface area contributed by atoms with Crippen molar-refractivity contribution in [2.24, 2.45) is 0 Å². The molecule has 4 aromatic carbocycles. The van der Waals surface area contributed by atoms with Crippen LogP contribution in [0.2, 0.25) is 0 Å². The van der Waals surface area contributed by atoms with E-state index in [1.54, 1.807) is 13.0 Å². The Kier molecular flexibility index (Phi) is 6.03. The Bertz CT molecular complexity index is 1330. The van der Waals surface area contributed by atoms with Gasteiger partial charge in [-0.15, -0.1) is 0 Å². The van der Waals surface area contributed by atoms with E-state index in [9.17, 15) is 4.79 Å². The molecule has 0 N–H and O–H groups in total. The second-order valence-corrected chi connectivity index (χ2v) is 8.71. The molecule has 0 amide bonds. The first kappa shape index (κ1) is 22.1. The molecule has 0 radical (unpaired) electrons. The number of carbonyl (C=O) groups excluding carboxylic acids is 1. The van der Waals surface area contributed by atoms with Gasteiger partial charge in [0.1, 0.15) is 10.1 Å². The average Bonchev–Trinajstić information content (AvgIpc) is 3.22. The molecule has 0 saturated carbocycles. The highest BCUT2D eigenvalue weighted by molar-refractivity contribution is 9.10. The van der Waals surface area contributed by atoms with Crippen molar-refractivity contribution in [3.05, 3.63) is 136 Å². The van der Waals surface area contributed by atoms with Gasteiger partial charge >= 0.3 is 5.97 Å². The summed E-state index contributed by atoms with van der Waals surface area (Å²) in [6.07, 6.45) is 0. The number of ether oxygens (including phenoxy) is 1. The molecule has 5 heteroatoms. The Morgan fingerprint density at radius 1 is 0.824 bits per heavy atom. The minimum atomic E-state index is -0.737. The van der Waals surface area contributed by atoms with E-state index >= 15 is 0 Å². The van der Waals surface area contributed by atoms with Gasteiger partial charge in [0, 0.05) is 5.39 Å². The Hall–Kier alpha value is -3.70. The van der Waals surface area contributed by atoms with E-state index in [1.807, 2.05) is 30.3 Å². The van der Waals surface area contributed by atoms with Crippen LogP contribution < -0.4 is 0 Å². The number of carbonyl (C=O) groups is 1. The molecule has 0 bridgehead atoms. The van der Waals surface area contributed by atoms with Gasteiger partial charge in [0.25, 0.3) is 0 Å². The third kappa shape index (κ3) is 3.62. The fourth-order valence-electron chi connectivity index (χ4n) is 4.58. The first-order chi connectivity index (χ1) is 16.7. The van der Waals surface area contributed by atoms with E-state index in [2.05, 4.69) is 93.4 Å². The van der Waals surface area contributed by atoms with Gasteiger partial charge in [-0.1, -0.05) is 91.0 Å². The number of benzene rings is 4. The number of esters is 1. The Morgan fingerprint density at radius 2 is 1.32 bits per heavy atom. The van der Waals surface area contributed by atoms with Gasteiger partial charge in [0.15, 0.2) is 0 Å². The number of nitrogens with zero attached hydrogens (tertiary/aromatic N) is 2. The van der Waals surface area contributed by atoms with Gasteiger partial charge in [-0.3, -0.25) is 0 Å². The zero-order valence-electron chi connectivity index (χ0n) is 18.7. The maximum absolute atomic E-state index is 12.4. The van der Waals surface area contributed by atoms with Gasteiger partial charge in [-0.05, 0) is 57.7 Å². The van der Waals surface area contributed by atoms with E-state index in [0.717, 1.165) is 27.6 Å². The summed E-state index contributed by atoms with van der Waals surface area (Å²) < 4.78 is 7.94. The molecule has 0 fully saturated rings. The van der Waals surface area contributed by atoms with Gasteiger partial charge < -0.3 is 4.74 Å².